The molecule has 162 valence electrons. The lowest BCUT2D eigenvalue weighted by Gasteiger charge is -2.26. The number of hydrogen-bond donors (Lipinski definition) is 1. The molecule has 1 aromatic heterocycles. The maximum Gasteiger partial charge on any atom is 0.276 e. The van der Waals surface area contributed by atoms with Crippen molar-refractivity contribution in [1.82, 2.24) is 14.7 Å². The van der Waals surface area contributed by atoms with Crippen LogP contribution in [0.4, 0.5) is 5.69 Å². The highest BCUT2D eigenvalue weighted by Crippen LogP contribution is 2.25. The number of amides is 1. The number of hydrogen-bond acceptors (Lipinski definition) is 4. The van der Waals surface area contributed by atoms with Crippen LogP contribution in [0, 0.1) is 6.92 Å². The lowest BCUT2D eigenvalue weighted by Crippen LogP contribution is -2.29. The fraction of sp³-hybridized carbons (Fsp3) is 0.333. The topological polar surface area (TPSA) is 59.4 Å². The summed E-state index contributed by atoms with van der Waals surface area (Å²) < 4.78 is 7.29. The monoisotopic (exact) mass is 438 g/mol. The molecule has 1 amide bonds. The van der Waals surface area contributed by atoms with Gasteiger partial charge in [0.2, 0.25) is 0 Å². The van der Waals surface area contributed by atoms with Crippen molar-refractivity contribution in [2.24, 2.45) is 0 Å². The van der Waals surface area contributed by atoms with Crippen LogP contribution in [0.15, 0.2) is 54.7 Å². The number of rotatable bonds is 7. The predicted molar refractivity (Wildman–Crippen MR) is 123 cm³/mol. The van der Waals surface area contributed by atoms with E-state index in [9.17, 15) is 4.79 Å². The van der Waals surface area contributed by atoms with Crippen molar-refractivity contribution in [1.29, 1.82) is 0 Å². The van der Waals surface area contributed by atoms with Gasteiger partial charge < -0.3 is 10.1 Å². The van der Waals surface area contributed by atoms with E-state index in [-0.39, 0.29) is 12.6 Å². The molecule has 31 heavy (non-hydrogen) atoms. The number of carbonyl (C=O) groups excluding carboxylic acids is 1. The number of nitrogens with zero attached hydrogens (tertiary/aromatic N) is 3. The minimum atomic E-state index is -0.254. The van der Waals surface area contributed by atoms with Crippen LogP contribution >= 0.6 is 11.6 Å². The smallest absolute Gasteiger partial charge is 0.276 e. The molecule has 0 spiro atoms. The van der Waals surface area contributed by atoms with Gasteiger partial charge in [0.15, 0.2) is 12.4 Å². The van der Waals surface area contributed by atoms with Gasteiger partial charge in [-0.05, 0) is 74.3 Å². The summed E-state index contributed by atoms with van der Waals surface area (Å²) in [5.41, 5.74) is 3.40. The van der Waals surface area contributed by atoms with E-state index in [1.807, 2.05) is 31.2 Å². The van der Waals surface area contributed by atoms with Crippen LogP contribution in [0.5, 0.6) is 5.75 Å². The van der Waals surface area contributed by atoms with E-state index in [4.69, 9.17) is 16.3 Å². The highest BCUT2D eigenvalue weighted by Gasteiger charge is 2.12. The zero-order chi connectivity index (χ0) is 21.6. The van der Waals surface area contributed by atoms with Crippen LogP contribution in [0.25, 0.3) is 0 Å². The zero-order valence-electron chi connectivity index (χ0n) is 17.7. The second-order valence-electron chi connectivity index (χ2n) is 7.94. The Hall–Kier alpha value is -2.83. The van der Waals surface area contributed by atoms with Crippen molar-refractivity contribution < 1.29 is 9.53 Å². The summed E-state index contributed by atoms with van der Waals surface area (Å²) in [6.07, 6.45) is 5.61. The fourth-order valence-electron chi connectivity index (χ4n) is 3.68. The Kier molecular flexibility index (Phi) is 6.89. The Morgan fingerprint density at radius 1 is 1.10 bits per heavy atom. The van der Waals surface area contributed by atoms with E-state index in [1.54, 1.807) is 23.0 Å². The molecule has 0 bridgehead atoms. The quantitative estimate of drug-likeness (QED) is 0.556. The number of halogens is 1. The molecular weight excluding hydrogens is 412 g/mol. The number of ether oxygens (including phenoxy) is 1. The summed E-state index contributed by atoms with van der Waals surface area (Å²) in [5, 5.41) is 7.74. The van der Waals surface area contributed by atoms with Gasteiger partial charge >= 0.3 is 0 Å². The summed E-state index contributed by atoms with van der Waals surface area (Å²) in [7, 11) is 0. The highest BCUT2D eigenvalue weighted by atomic mass is 35.5. The summed E-state index contributed by atoms with van der Waals surface area (Å²) in [4.78, 5) is 15.0. The number of aromatic nitrogens is 2. The van der Waals surface area contributed by atoms with E-state index in [1.165, 1.54) is 37.9 Å². The van der Waals surface area contributed by atoms with Crippen LogP contribution < -0.4 is 10.1 Å². The van der Waals surface area contributed by atoms with Gasteiger partial charge in [0.25, 0.3) is 5.91 Å². The first-order valence-corrected chi connectivity index (χ1v) is 11.0. The minimum absolute atomic E-state index is 0.168. The molecule has 1 N–H and O–H groups in total. The number of nitrogens with one attached hydrogen (secondary N) is 1. The Morgan fingerprint density at radius 2 is 1.87 bits per heavy atom. The summed E-state index contributed by atoms with van der Waals surface area (Å²) in [6, 6.07) is 15.3. The highest BCUT2D eigenvalue weighted by molar-refractivity contribution is 6.32. The minimum Gasteiger partial charge on any atom is -0.470 e. The summed E-state index contributed by atoms with van der Waals surface area (Å²) >= 11 is 6.15. The third kappa shape index (κ3) is 5.87. The van der Waals surface area contributed by atoms with Gasteiger partial charge in [-0.15, -0.1) is 0 Å². The van der Waals surface area contributed by atoms with Gasteiger partial charge in [-0.3, -0.25) is 9.69 Å². The Bertz CT molecular complexity index is 1030. The zero-order valence-corrected chi connectivity index (χ0v) is 18.4. The van der Waals surface area contributed by atoms with Crippen molar-refractivity contribution in [3.63, 3.8) is 0 Å². The number of likely N-dealkylation sites (tertiary alicyclic amines) is 1. The van der Waals surface area contributed by atoms with Gasteiger partial charge in [-0.1, -0.05) is 36.2 Å². The normalized spacial score (nSPS) is 14.4. The van der Waals surface area contributed by atoms with Crippen LogP contribution in [0.2, 0.25) is 5.02 Å². The maximum absolute atomic E-state index is 12.5. The summed E-state index contributed by atoms with van der Waals surface area (Å²) in [5.74, 6) is 0.337. The molecule has 7 heteroatoms. The first-order valence-electron chi connectivity index (χ1n) is 10.6. The SMILES string of the molecule is Cc1ccc(Cl)c(OCn2ccc(C(=O)Nc3ccc(CN4CCCCC4)cc3)n2)c1. The van der Waals surface area contributed by atoms with Gasteiger partial charge in [0, 0.05) is 18.4 Å². The molecule has 2 aromatic carbocycles. The first-order chi connectivity index (χ1) is 15.1. The molecule has 3 aromatic rings. The molecule has 0 radical (unpaired) electrons. The Balaban J connectivity index is 1.30. The van der Waals surface area contributed by atoms with Crippen LogP contribution in [-0.4, -0.2) is 33.7 Å². The van der Waals surface area contributed by atoms with Gasteiger partial charge in [0.05, 0.1) is 5.02 Å². The second-order valence-corrected chi connectivity index (χ2v) is 8.34. The number of aryl methyl sites for hydroxylation is 1. The lowest BCUT2D eigenvalue weighted by molar-refractivity contribution is 0.102. The van der Waals surface area contributed by atoms with Crippen molar-refractivity contribution in [3.05, 3.63) is 76.6 Å². The van der Waals surface area contributed by atoms with Crippen LogP contribution in [0.3, 0.4) is 0 Å². The van der Waals surface area contributed by atoms with Gasteiger partial charge in [0.1, 0.15) is 5.75 Å². The Labute approximate surface area is 187 Å². The number of anilines is 1. The van der Waals surface area contributed by atoms with E-state index in [0.29, 0.717) is 16.5 Å². The molecule has 1 aliphatic heterocycles. The molecule has 1 aliphatic rings. The number of piperidine rings is 1. The van der Waals surface area contributed by atoms with Crippen molar-refractivity contribution in [2.45, 2.75) is 39.5 Å². The lowest BCUT2D eigenvalue weighted by atomic mass is 10.1. The van der Waals surface area contributed by atoms with Gasteiger partial charge in [-0.2, -0.15) is 5.10 Å². The molecule has 1 saturated heterocycles. The molecule has 0 unspecified atom stereocenters. The molecule has 1 fully saturated rings. The standard InChI is InChI=1S/C24H27ClN4O2/c1-18-5-10-21(25)23(15-18)31-17-29-14-11-22(27-29)24(30)26-20-8-6-19(7-9-20)16-28-12-3-2-4-13-28/h5-11,14-15H,2-4,12-13,16-17H2,1H3,(H,26,30). The largest absolute Gasteiger partial charge is 0.470 e. The fourth-order valence-corrected chi connectivity index (χ4v) is 3.85. The maximum atomic E-state index is 12.5. The van der Waals surface area contributed by atoms with E-state index in [0.717, 1.165) is 17.8 Å². The second kappa shape index (κ2) is 9.98. The van der Waals surface area contributed by atoms with Crippen molar-refractivity contribution >= 4 is 23.2 Å². The molecule has 0 atom stereocenters. The average molecular weight is 439 g/mol. The molecular formula is C24H27ClN4O2. The first kappa shape index (κ1) is 21.4. The van der Waals surface area contributed by atoms with Crippen LogP contribution in [0.1, 0.15) is 40.9 Å². The third-order valence-electron chi connectivity index (χ3n) is 5.38. The predicted octanol–water partition coefficient (Wildman–Crippen LogP) is 5.12. The molecule has 2 heterocycles. The third-order valence-corrected chi connectivity index (χ3v) is 5.69. The van der Waals surface area contributed by atoms with E-state index in [2.05, 4.69) is 27.4 Å². The number of benzene rings is 2. The molecule has 0 aliphatic carbocycles. The number of carbonyl (C=O) groups is 1. The van der Waals surface area contributed by atoms with Gasteiger partial charge in [-0.25, -0.2) is 4.68 Å². The van der Waals surface area contributed by atoms with E-state index >= 15 is 0 Å². The molecule has 6 nitrogen and oxygen atoms in total. The Morgan fingerprint density at radius 3 is 2.65 bits per heavy atom. The van der Waals surface area contributed by atoms with Crippen molar-refractivity contribution in [2.75, 3.05) is 18.4 Å². The van der Waals surface area contributed by atoms with E-state index < -0.39 is 0 Å². The van der Waals surface area contributed by atoms with Crippen LogP contribution in [-0.2, 0) is 13.3 Å². The average Bonchev–Trinajstić information content (AvgIpc) is 3.26. The van der Waals surface area contributed by atoms with Crippen molar-refractivity contribution in [3.8, 4) is 5.75 Å². The summed E-state index contributed by atoms with van der Waals surface area (Å²) in [6.45, 7) is 5.44. The molecule has 4 rings (SSSR count). The molecule has 0 saturated carbocycles.